The Hall–Kier alpha value is -1.02. The lowest BCUT2D eigenvalue weighted by molar-refractivity contribution is 0.111. The van der Waals surface area contributed by atoms with E-state index in [2.05, 4.69) is 13.8 Å². The minimum Gasteiger partial charge on any atom is -0.491 e. The zero-order chi connectivity index (χ0) is 12.0. The van der Waals surface area contributed by atoms with Crippen molar-refractivity contribution >= 4 is 17.9 Å². The van der Waals surface area contributed by atoms with Crippen LogP contribution < -0.4 is 4.74 Å². The molecule has 0 aromatic heterocycles. The van der Waals surface area contributed by atoms with Crippen LogP contribution in [0.25, 0.3) is 0 Å². The van der Waals surface area contributed by atoms with Crippen LogP contribution in [0.4, 0.5) is 0 Å². The Morgan fingerprint density at radius 3 is 2.62 bits per heavy atom. The van der Waals surface area contributed by atoms with E-state index in [0.717, 1.165) is 19.1 Å². The molecule has 88 valence electrons. The van der Waals surface area contributed by atoms with Gasteiger partial charge in [-0.1, -0.05) is 44.4 Å². The highest BCUT2D eigenvalue weighted by Gasteiger charge is 2.10. The van der Waals surface area contributed by atoms with Crippen molar-refractivity contribution in [2.24, 2.45) is 5.92 Å². The molecule has 1 rings (SSSR count). The molecular formula is C13H17ClO2. The van der Waals surface area contributed by atoms with E-state index < -0.39 is 0 Å². The molecule has 0 amide bonds. The number of hydrogen-bond acceptors (Lipinski definition) is 2. The van der Waals surface area contributed by atoms with Crippen molar-refractivity contribution in [1.82, 2.24) is 0 Å². The molecule has 3 heteroatoms. The lowest BCUT2D eigenvalue weighted by atomic mass is 10.1. The summed E-state index contributed by atoms with van der Waals surface area (Å²) in [6.45, 7) is 4.87. The first-order valence-corrected chi connectivity index (χ1v) is 5.97. The number of carbonyl (C=O) groups is 1. The van der Waals surface area contributed by atoms with Crippen molar-refractivity contribution in [2.45, 2.75) is 26.7 Å². The smallest absolute Gasteiger partial charge is 0.153 e. The molecule has 0 heterocycles. The van der Waals surface area contributed by atoms with E-state index in [1.807, 2.05) is 0 Å². The summed E-state index contributed by atoms with van der Waals surface area (Å²) in [7, 11) is 0. The molecule has 0 aliphatic rings. The molecule has 16 heavy (non-hydrogen) atoms. The first kappa shape index (κ1) is 13.0. The number of carbonyl (C=O) groups excluding carboxylic acids is 1. The van der Waals surface area contributed by atoms with Gasteiger partial charge in [0.2, 0.25) is 0 Å². The Balaban J connectivity index is 2.76. The van der Waals surface area contributed by atoms with Crippen molar-refractivity contribution in [3.8, 4) is 5.75 Å². The predicted molar refractivity (Wildman–Crippen MR) is 66.4 cm³/mol. The van der Waals surface area contributed by atoms with Gasteiger partial charge < -0.3 is 4.74 Å². The second kappa shape index (κ2) is 6.54. The van der Waals surface area contributed by atoms with Crippen LogP contribution in [0.5, 0.6) is 5.75 Å². The first-order valence-electron chi connectivity index (χ1n) is 5.59. The van der Waals surface area contributed by atoms with E-state index in [0.29, 0.717) is 28.9 Å². The van der Waals surface area contributed by atoms with Crippen molar-refractivity contribution < 1.29 is 9.53 Å². The molecule has 0 saturated heterocycles. The maximum atomic E-state index is 10.8. The van der Waals surface area contributed by atoms with Crippen molar-refractivity contribution in [3.05, 3.63) is 28.8 Å². The molecule has 0 N–H and O–H groups in total. The van der Waals surface area contributed by atoms with Crippen LogP contribution in [0.1, 0.15) is 37.0 Å². The van der Waals surface area contributed by atoms with Gasteiger partial charge in [-0.2, -0.15) is 0 Å². The summed E-state index contributed by atoms with van der Waals surface area (Å²) in [5.41, 5.74) is 0.512. The van der Waals surface area contributed by atoms with E-state index in [9.17, 15) is 4.79 Å². The molecule has 0 aliphatic carbocycles. The normalized spacial score (nSPS) is 10.5. The molecule has 0 bridgehead atoms. The number of halogens is 1. The predicted octanol–water partition coefficient (Wildman–Crippen LogP) is 3.97. The molecule has 0 atom stereocenters. The molecule has 2 nitrogen and oxygen atoms in total. The van der Waals surface area contributed by atoms with Crippen LogP contribution in [0.3, 0.4) is 0 Å². The number of para-hydroxylation sites is 1. The van der Waals surface area contributed by atoms with Crippen LogP contribution in [-0.2, 0) is 0 Å². The number of ether oxygens (including phenoxy) is 1. The Kier molecular flexibility index (Phi) is 5.33. The largest absolute Gasteiger partial charge is 0.491 e. The van der Waals surface area contributed by atoms with Crippen LogP contribution in [0.2, 0.25) is 5.02 Å². The van der Waals surface area contributed by atoms with E-state index in [1.54, 1.807) is 18.2 Å². The Morgan fingerprint density at radius 2 is 2.06 bits per heavy atom. The van der Waals surface area contributed by atoms with Crippen LogP contribution in [-0.4, -0.2) is 12.9 Å². The third kappa shape index (κ3) is 3.24. The van der Waals surface area contributed by atoms with E-state index in [4.69, 9.17) is 16.3 Å². The fourth-order valence-corrected chi connectivity index (χ4v) is 1.73. The van der Waals surface area contributed by atoms with Gasteiger partial charge in [-0.05, 0) is 18.1 Å². The van der Waals surface area contributed by atoms with Gasteiger partial charge in [0.15, 0.2) is 6.29 Å². The maximum Gasteiger partial charge on any atom is 0.153 e. The van der Waals surface area contributed by atoms with Gasteiger partial charge in [0.1, 0.15) is 5.75 Å². The number of hydrogen-bond donors (Lipinski definition) is 0. The molecule has 0 saturated carbocycles. The minimum absolute atomic E-state index is 0.496. The lowest BCUT2D eigenvalue weighted by Crippen LogP contribution is -2.11. The zero-order valence-corrected chi connectivity index (χ0v) is 10.5. The van der Waals surface area contributed by atoms with Gasteiger partial charge in [-0.15, -0.1) is 0 Å². The van der Waals surface area contributed by atoms with Gasteiger partial charge in [-0.25, -0.2) is 0 Å². The van der Waals surface area contributed by atoms with Crippen LogP contribution in [0, 0.1) is 5.92 Å². The number of aldehydes is 1. The van der Waals surface area contributed by atoms with E-state index in [-0.39, 0.29) is 0 Å². The third-order valence-electron chi connectivity index (χ3n) is 2.74. The lowest BCUT2D eigenvalue weighted by Gasteiger charge is -2.15. The topological polar surface area (TPSA) is 26.3 Å². The quantitative estimate of drug-likeness (QED) is 0.704. The SMILES string of the molecule is CCC(CC)COc1c(Cl)cccc1C=O. The van der Waals surface area contributed by atoms with Crippen molar-refractivity contribution in [1.29, 1.82) is 0 Å². The number of benzene rings is 1. The standard InChI is InChI=1S/C13H17ClO2/c1-3-10(4-2)9-16-13-11(8-15)6-5-7-12(13)14/h5-8,10H,3-4,9H2,1-2H3. The molecule has 0 unspecified atom stereocenters. The summed E-state index contributed by atoms with van der Waals surface area (Å²) < 4.78 is 5.64. The summed E-state index contributed by atoms with van der Waals surface area (Å²) in [4.78, 5) is 10.8. The summed E-state index contributed by atoms with van der Waals surface area (Å²) in [5, 5.41) is 0.496. The molecule has 0 spiro atoms. The van der Waals surface area contributed by atoms with Crippen molar-refractivity contribution in [2.75, 3.05) is 6.61 Å². The Bertz CT molecular complexity index is 346. The summed E-state index contributed by atoms with van der Waals surface area (Å²) in [5.74, 6) is 1.02. The Morgan fingerprint density at radius 1 is 1.38 bits per heavy atom. The van der Waals surface area contributed by atoms with Gasteiger partial charge in [-0.3, -0.25) is 4.79 Å². The molecule has 0 aliphatic heterocycles. The maximum absolute atomic E-state index is 10.8. The van der Waals surface area contributed by atoms with Crippen LogP contribution in [0.15, 0.2) is 18.2 Å². The third-order valence-corrected chi connectivity index (χ3v) is 3.04. The highest BCUT2D eigenvalue weighted by molar-refractivity contribution is 6.32. The molecular weight excluding hydrogens is 224 g/mol. The summed E-state index contributed by atoms with van der Waals surface area (Å²) in [6.07, 6.45) is 2.91. The van der Waals surface area contributed by atoms with Gasteiger partial charge in [0, 0.05) is 0 Å². The highest BCUT2D eigenvalue weighted by atomic mass is 35.5. The monoisotopic (exact) mass is 240 g/mol. The first-order chi connectivity index (χ1) is 7.72. The average Bonchev–Trinajstić information content (AvgIpc) is 2.31. The molecule has 1 aromatic rings. The fraction of sp³-hybridized carbons (Fsp3) is 0.462. The second-order valence-electron chi connectivity index (χ2n) is 3.77. The van der Waals surface area contributed by atoms with Crippen molar-refractivity contribution in [3.63, 3.8) is 0 Å². The summed E-state index contributed by atoms with van der Waals surface area (Å²) >= 11 is 5.99. The average molecular weight is 241 g/mol. The Labute approximate surface area is 102 Å². The molecule has 1 aromatic carbocycles. The van der Waals surface area contributed by atoms with Gasteiger partial charge in [0.25, 0.3) is 0 Å². The van der Waals surface area contributed by atoms with Gasteiger partial charge in [0.05, 0.1) is 17.2 Å². The highest BCUT2D eigenvalue weighted by Crippen LogP contribution is 2.28. The number of rotatable bonds is 6. The molecule has 0 fully saturated rings. The second-order valence-corrected chi connectivity index (χ2v) is 4.18. The molecule has 0 radical (unpaired) electrons. The van der Waals surface area contributed by atoms with Gasteiger partial charge >= 0.3 is 0 Å². The van der Waals surface area contributed by atoms with E-state index >= 15 is 0 Å². The zero-order valence-electron chi connectivity index (χ0n) is 9.70. The fourth-order valence-electron chi connectivity index (χ4n) is 1.50. The summed E-state index contributed by atoms with van der Waals surface area (Å²) in [6, 6.07) is 5.19. The van der Waals surface area contributed by atoms with E-state index in [1.165, 1.54) is 0 Å². The minimum atomic E-state index is 0.496. The van der Waals surface area contributed by atoms with Crippen LogP contribution >= 0.6 is 11.6 Å².